The van der Waals surface area contributed by atoms with Gasteiger partial charge in [0.05, 0.1) is 0 Å². The van der Waals surface area contributed by atoms with Gasteiger partial charge in [0.2, 0.25) is 5.91 Å². The minimum absolute atomic E-state index is 0.0279. The van der Waals surface area contributed by atoms with E-state index in [1.54, 1.807) is 21.7 Å². The van der Waals surface area contributed by atoms with E-state index in [9.17, 15) is 14.4 Å². The zero-order valence-electron chi connectivity index (χ0n) is 17.8. The summed E-state index contributed by atoms with van der Waals surface area (Å²) in [4.78, 5) is 41.5. The molecule has 0 bridgehead atoms. The Kier molecular flexibility index (Phi) is 7.87. The normalized spacial score (nSPS) is 14.3. The third-order valence-electron chi connectivity index (χ3n) is 4.51. The zero-order chi connectivity index (χ0) is 21.4. The molecule has 29 heavy (non-hydrogen) atoms. The molecule has 0 unspecified atom stereocenters. The predicted molar refractivity (Wildman–Crippen MR) is 110 cm³/mol. The number of rotatable bonds is 5. The molecular formula is C21H32N4O4. The van der Waals surface area contributed by atoms with Gasteiger partial charge in [0.1, 0.15) is 5.60 Å². The van der Waals surface area contributed by atoms with Crippen LogP contribution in [0, 0.1) is 0 Å². The summed E-state index contributed by atoms with van der Waals surface area (Å²) in [5.41, 5.74) is 0.514. The zero-order valence-corrected chi connectivity index (χ0v) is 17.8. The van der Waals surface area contributed by atoms with Crippen LogP contribution >= 0.6 is 0 Å². The first kappa shape index (κ1) is 22.5. The van der Waals surface area contributed by atoms with E-state index < -0.39 is 5.60 Å². The summed E-state index contributed by atoms with van der Waals surface area (Å²) in [7, 11) is 1.72. The Labute approximate surface area is 172 Å². The molecule has 2 rings (SSSR count). The van der Waals surface area contributed by atoms with Crippen molar-refractivity contribution in [2.75, 3.05) is 39.8 Å². The largest absolute Gasteiger partial charge is 0.444 e. The van der Waals surface area contributed by atoms with E-state index in [0.29, 0.717) is 32.7 Å². The molecule has 0 aliphatic carbocycles. The van der Waals surface area contributed by atoms with E-state index in [-0.39, 0.29) is 31.0 Å². The summed E-state index contributed by atoms with van der Waals surface area (Å²) < 4.78 is 5.36. The lowest BCUT2D eigenvalue weighted by Crippen LogP contribution is -2.52. The summed E-state index contributed by atoms with van der Waals surface area (Å²) in [5, 5.41) is 2.78. The van der Waals surface area contributed by atoms with Gasteiger partial charge in [0.25, 0.3) is 0 Å². The number of nitrogens with one attached hydrogen (secondary N) is 1. The molecule has 8 heteroatoms. The predicted octanol–water partition coefficient (Wildman–Crippen LogP) is 2.30. The number of ether oxygens (including phenoxy) is 1. The van der Waals surface area contributed by atoms with Crippen molar-refractivity contribution in [1.82, 2.24) is 20.0 Å². The van der Waals surface area contributed by atoms with E-state index >= 15 is 0 Å². The number of carbonyl (C=O) groups is 3. The van der Waals surface area contributed by atoms with Gasteiger partial charge in [-0.2, -0.15) is 0 Å². The summed E-state index contributed by atoms with van der Waals surface area (Å²) >= 11 is 0. The van der Waals surface area contributed by atoms with Crippen LogP contribution in [0.4, 0.5) is 9.59 Å². The summed E-state index contributed by atoms with van der Waals surface area (Å²) in [6, 6.07) is 9.51. The van der Waals surface area contributed by atoms with Crippen molar-refractivity contribution < 1.29 is 19.1 Å². The van der Waals surface area contributed by atoms with Crippen molar-refractivity contribution in [3.63, 3.8) is 0 Å². The van der Waals surface area contributed by atoms with Crippen LogP contribution in [0.5, 0.6) is 0 Å². The van der Waals surface area contributed by atoms with E-state index in [0.717, 1.165) is 5.56 Å². The molecule has 1 fully saturated rings. The maximum absolute atomic E-state index is 12.4. The molecule has 4 amide bonds. The van der Waals surface area contributed by atoms with E-state index in [1.165, 1.54) is 0 Å². The molecule has 0 saturated carbocycles. The van der Waals surface area contributed by atoms with Crippen LogP contribution in [-0.4, -0.2) is 78.1 Å². The van der Waals surface area contributed by atoms with Gasteiger partial charge in [0, 0.05) is 52.7 Å². The van der Waals surface area contributed by atoms with Crippen LogP contribution in [0.25, 0.3) is 0 Å². The van der Waals surface area contributed by atoms with Gasteiger partial charge in [-0.15, -0.1) is 0 Å². The Morgan fingerprint density at radius 1 is 1.03 bits per heavy atom. The molecule has 0 radical (unpaired) electrons. The lowest BCUT2D eigenvalue weighted by atomic mass is 10.2. The minimum Gasteiger partial charge on any atom is -0.444 e. The van der Waals surface area contributed by atoms with Gasteiger partial charge in [-0.05, 0) is 26.3 Å². The van der Waals surface area contributed by atoms with Crippen LogP contribution in [0.2, 0.25) is 0 Å². The molecule has 8 nitrogen and oxygen atoms in total. The van der Waals surface area contributed by atoms with Gasteiger partial charge < -0.3 is 24.8 Å². The van der Waals surface area contributed by atoms with Gasteiger partial charge in [-0.3, -0.25) is 4.79 Å². The maximum Gasteiger partial charge on any atom is 0.410 e. The van der Waals surface area contributed by atoms with Crippen molar-refractivity contribution in [3.05, 3.63) is 35.9 Å². The Balaban J connectivity index is 1.67. The third kappa shape index (κ3) is 7.63. The number of amides is 4. The van der Waals surface area contributed by atoms with Crippen LogP contribution in [0.15, 0.2) is 30.3 Å². The topological polar surface area (TPSA) is 82.2 Å². The van der Waals surface area contributed by atoms with Crippen LogP contribution in [0.1, 0.15) is 32.8 Å². The number of piperazine rings is 1. The molecule has 1 aromatic carbocycles. The lowest BCUT2D eigenvalue weighted by Gasteiger charge is -2.35. The number of nitrogens with zero attached hydrogens (tertiary/aromatic N) is 3. The molecule has 1 heterocycles. The maximum atomic E-state index is 12.4. The molecule has 1 aromatic rings. The van der Waals surface area contributed by atoms with Crippen molar-refractivity contribution >= 4 is 18.0 Å². The molecular weight excluding hydrogens is 372 g/mol. The fourth-order valence-corrected chi connectivity index (χ4v) is 2.96. The van der Waals surface area contributed by atoms with Crippen molar-refractivity contribution in [3.8, 4) is 0 Å². The number of carbonyl (C=O) groups excluding carboxylic acids is 3. The number of benzene rings is 1. The van der Waals surface area contributed by atoms with Gasteiger partial charge in [-0.1, -0.05) is 30.3 Å². The second kappa shape index (κ2) is 10.1. The fourth-order valence-electron chi connectivity index (χ4n) is 2.96. The number of hydrogen-bond acceptors (Lipinski definition) is 4. The fraction of sp³-hybridized carbons (Fsp3) is 0.571. The van der Waals surface area contributed by atoms with Crippen molar-refractivity contribution in [2.45, 2.75) is 39.3 Å². The Hall–Kier alpha value is -2.77. The smallest absolute Gasteiger partial charge is 0.410 e. The van der Waals surface area contributed by atoms with Gasteiger partial charge in [0.15, 0.2) is 0 Å². The SMILES string of the molecule is CN(Cc1ccccc1)C(=O)NCCC(=O)N1CCN(C(=O)OC(C)(C)C)CC1. The highest BCUT2D eigenvalue weighted by atomic mass is 16.6. The first-order chi connectivity index (χ1) is 13.7. The molecule has 1 N–H and O–H groups in total. The van der Waals surface area contributed by atoms with E-state index in [4.69, 9.17) is 4.74 Å². The molecule has 1 aliphatic heterocycles. The monoisotopic (exact) mass is 404 g/mol. The first-order valence-electron chi connectivity index (χ1n) is 9.94. The van der Waals surface area contributed by atoms with Crippen LogP contribution in [-0.2, 0) is 16.1 Å². The average molecular weight is 405 g/mol. The highest BCUT2D eigenvalue weighted by Gasteiger charge is 2.27. The lowest BCUT2D eigenvalue weighted by molar-refractivity contribution is -0.132. The Morgan fingerprint density at radius 2 is 1.62 bits per heavy atom. The molecule has 0 atom stereocenters. The Morgan fingerprint density at radius 3 is 2.21 bits per heavy atom. The average Bonchev–Trinajstić information content (AvgIpc) is 2.67. The van der Waals surface area contributed by atoms with Gasteiger partial charge in [-0.25, -0.2) is 9.59 Å². The molecule has 1 saturated heterocycles. The molecule has 160 valence electrons. The van der Waals surface area contributed by atoms with Crippen LogP contribution < -0.4 is 5.32 Å². The third-order valence-corrected chi connectivity index (χ3v) is 4.51. The quantitative estimate of drug-likeness (QED) is 0.816. The highest BCUT2D eigenvalue weighted by Crippen LogP contribution is 2.12. The first-order valence-corrected chi connectivity index (χ1v) is 9.94. The van der Waals surface area contributed by atoms with Crippen LogP contribution in [0.3, 0.4) is 0 Å². The second-order valence-electron chi connectivity index (χ2n) is 8.17. The van der Waals surface area contributed by atoms with Crippen molar-refractivity contribution in [2.24, 2.45) is 0 Å². The minimum atomic E-state index is -0.532. The molecule has 0 aromatic heterocycles. The number of urea groups is 1. The van der Waals surface area contributed by atoms with Gasteiger partial charge >= 0.3 is 12.1 Å². The summed E-state index contributed by atoms with van der Waals surface area (Å²) in [6.07, 6.45) is -0.115. The molecule has 1 aliphatic rings. The molecule has 0 spiro atoms. The van der Waals surface area contributed by atoms with E-state index in [1.807, 2.05) is 51.1 Å². The summed E-state index contributed by atoms with van der Waals surface area (Å²) in [6.45, 7) is 8.12. The van der Waals surface area contributed by atoms with E-state index in [2.05, 4.69) is 5.32 Å². The highest BCUT2D eigenvalue weighted by molar-refractivity contribution is 5.78. The standard InChI is InChI=1S/C21H32N4O4/c1-21(2,3)29-20(28)25-14-12-24(13-15-25)18(26)10-11-22-19(27)23(4)16-17-8-6-5-7-9-17/h5-9H,10-16H2,1-4H3,(H,22,27). The van der Waals surface area contributed by atoms with Crippen molar-refractivity contribution in [1.29, 1.82) is 0 Å². The Bertz CT molecular complexity index is 694. The summed E-state index contributed by atoms with van der Waals surface area (Å²) in [5.74, 6) is -0.0279. The second-order valence-corrected chi connectivity index (χ2v) is 8.17. The number of hydrogen-bond donors (Lipinski definition) is 1.